The van der Waals surface area contributed by atoms with Gasteiger partial charge in [-0.3, -0.25) is 0 Å². The van der Waals surface area contributed by atoms with E-state index in [-0.39, 0.29) is 0 Å². The van der Waals surface area contributed by atoms with Gasteiger partial charge in [-0.05, 0) is 66.8 Å². The lowest BCUT2D eigenvalue weighted by Crippen LogP contribution is -2.41. The average molecular weight is 450 g/mol. The van der Waals surface area contributed by atoms with Crippen LogP contribution in [-0.4, -0.2) is 33.8 Å². The number of ether oxygens (including phenoxy) is 1. The molecule has 3 aromatic rings. The number of hydrogen-bond donors (Lipinski definition) is 1. The van der Waals surface area contributed by atoms with Gasteiger partial charge in [0.05, 0.1) is 23.7 Å². The van der Waals surface area contributed by atoms with Gasteiger partial charge >= 0.3 is 5.97 Å². The fourth-order valence-corrected chi connectivity index (χ4v) is 5.12. The molecule has 1 N–H and O–H groups in total. The predicted molar refractivity (Wildman–Crippen MR) is 132 cm³/mol. The fourth-order valence-electron chi connectivity index (χ4n) is 5.12. The van der Waals surface area contributed by atoms with Gasteiger partial charge in [0.25, 0.3) is 0 Å². The molecule has 6 nitrogen and oxygen atoms in total. The lowest BCUT2D eigenvalue weighted by atomic mass is 9.71. The number of rotatable bonds is 6. The number of carbonyl (C=O) groups is 1. The van der Waals surface area contributed by atoms with Crippen molar-refractivity contribution in [2.75, 3.05) is 12.0 Å². The number of aromatic nitrogens is 2. The molecule has 1 aliphatic rings. The zero-order chi connectivity index (χ0) is 23.8. The topological polar surface area (TPSA) is 67.6 Å². The minimum atomic E-state index is -0.900. The Hall–Kier alpha value is -3.02. The first-order chi connectivity index (χ1) is 15.7. The standard InChI is InChI=1S/C27H35N3O3/c1-27(2,3)20-10-12-21(13-11-20)30(17-18-6-8-19(9-7-18)25(31)32)26-28-23-16-22(33-5)14-15-24(23)29(26)4/h6-9,14-16,20-21H,10-13,17H2,1-5H3,(H,31,32). The summed E-state index contributed by atoms with van der Waals surface area (Å²) in [6.45, 7) is 7.73. The minimum Gasteiger partial charge on any atom is -0.497 e. The Labute approximate surface area is 196 Å². The Morgan fingerprint density at radius 3 is 2.36 bits per heavy atom. The van der Waals surface area contributed by atoms with Crippen LogP contribution in [-0.2, 0) is 13.6 Å². The third kappa shape index (κ3) is 4.85. The van der Waals surface area contributed by atoms with E-state index in [0.717, 1.165) is 47.1 Å². The number of methoxy groups -OCH3 is 1. The molecule has 6 heteroatoms. The summed E-state index contributed by atoms with van der Waals surface area (Å²) >= 11 is 0. The van der Waals surface area contributed by atoms with Gasteiger partial charge in [0.15, 0.2) is 0 Å². The number of fused-ring (bicyclic) bond motifs is 1. The maximum Gasteiger partial charge on any atom is 0.335 e. The smallest absolute Gasteiger partial charge is 0.335 e. The van der Waals surface area contributed by atoms with Crippen LogP contribution in [0.3, 0.4) is 0 Å². The normalized spacial score (nSPS) is 18.9. The number of nitrogens with zero attached hydrogens (tertiary/aromatic N) is 3. The van der Waals surface area contributed by atoms with Crippen LogP contribution in [0.2, 0.25) is 0 Å². The number of aryl methyl sites for hydroxylation is 1. The van der Waals surface area contributed by atoms with Crippen LogP contribution in [0.25, 0.3) is 11.0 Å². The zero-order valence-corrected chi connectivity index (χ0v) is 20.3. The molecule has 2 aromatic carbocycles. The van der Waals surface area contributed by atoms with Crippen molar-refractivity contribution in [1.29, 1.82) is 0 Å². The lowest BCUT2D eigenvalue weighted by Gasteiger charge is -2.41. The Morgan fingerprint density at radius 2 is 1.79 bits per heavy atom. The molecule has 1 saturated carbocycles. The Kier molecular flexibility index (Phi) is 6.37. The third-order valence-corrected chi connectivity index (χ3v) is 7.24. The highest BCUT2D eigenvalue weighted by atomic mass is 16.5. The third-order valence-electron chi connectivity index (χ3n) is 7.24. The maximum absolute atomic E-state index is 11.3. The van der Waals surface area contributed by atoms with Crippen LogP contribution >= 0.6 is 0 Å². The van der Waals surface area contributed by atoms with Crippen LogP contribution in [0.15, 0.2) is 42.5 Å². The molecule has 176 valence electrons. The number of benzene rings is 2. The highest BCUT2D eigenvalue weighted by Gasteiger charge is 2.33. The Balaban J connectivity index is 1.68. The quantitative estimate of drug-likeness (QED) is 0.508. The maximum atomic E-state index is 11.3. The van der Waals surface area contributed by atoms with Gasteiger partial charge in [0, 0.05) is 25.7 Å². The summed E-state index contributed by atoms with van der Waals surface area (Å²) < 4.78 is 7.57. The van der Waals surface area contributed by atoms with Crippen LogP contribution in [0.1, 0.15) is 62.4 Å². The van der Waals surface area contributed by atoms with E-state index in [1.54, 1.807) is 19.2 Å². The molecule has 1 heterocycles. The number of imidazole rings is 1. The van der Waals surface area contributed by atoms with Crippen LogP contribution in [0, 0.1) is 11.3 Å². The van der Waals surface area contributed by atoms with Crippen molar-refractivity contribution in [2.24, 2.45) is 18.4 Å². The zero-order valence-electron chi connectivity index (χ0n) is 20.3. The van der Waals surface area contributed by atoms with E-state index in [4.69, 9.17) is 9.72 Å². The largest absolute Gasteiger partial charge is 0.497 e. The molecule has 0 spiro atoms. The number of aromatic carboxylic acids is 1. The van der Waals surface area contributed by atoms with Crippen molar-refractivity contribution in [3.8, 4) is 5.75 Å². The Morgan fingerprint density at radius 1 is 1.12 bits per heavy atom. The molecule has 0 aliphatic heterocycles. The summed E-state index contributed by atoms with van der Waals surface area (Å²) in [5, 5.41) is 9.26. The van der Waals surface area contributed by atoms with Gasteiger partial charge in [-0.2, -0.15) is 0 Å². The van der Waals surface area contributed by atoms with Gasteiger partial charge in [0.1, 0.15) is 5.75 Å². The SMILES string of the molecule is COc1ccc2c(c1)nc(N(Cc1ccc(C(=O)O)cc1)C1CCC(C(C)(C)C)CC1)n2C. The van der Waals surface area contributed by atoms with Crippen molar-refractivity contribution in [2.45, 2.75) is 59.0 Å². The number of carboxylic acid groups (broad SMARTS) is 1. The van der Waals surface area contributed by atoms with Crippen molar-refractivity contribution in [3.05, 3.63) is 53.6 Å². The lowest BCUT2D eigenvalue weighted by molar-refractivity contribution is 0.0697. The van der Waals surface area contributed by atoms with Crippen LogP contribution < -0.4 is 9.64 Å². The van der Waals surface area contributed by atoms with Crippen LogP contribution in [0.5, 0.6) is 5.75 Å². The molecule has 1 aromatic heterocycles. The number of anilines is 1. The molecule has 1 aliphatic carbocycles. The highest BCUT2D eigenvalue weighted by molar-refractivity contribution is 5.87. The molecule has 1 fully saturated rings. The molecule has 33 heavy (non-hydrogen) atoms. The summed E-state index contributed by atoms with van der Waals surface area (Å²) in [6.07, 6.45) is 4.67. The Bertz CT molecular complexity index is 1120. The first-order valence-electron chi connectivity index (χ1n) is 11.8. The second-order valence-electron chi connectivity index (χ2n) is 10.3. The summed E-state index contributed by atoms with van der Waals surface area (Å²) in [7, 11) is 3.74. The second-order valence-corrected chi connectivity index (χ2v) is 10.3. The predicted octanol–water partition coefficient (Wildman–Crippen LogP) is 5.89. The van der Waals surface area contributed by atoms with Crippen molar-refractivity contribution < 1.29 is 14.6 Å². The van der Waals surface area contributed by atoms with Gasteiger partial charge in [-0.1, -0.05) is 32.9 Å². The van der Waals surface area contributed by atoms with E-state index in [1.165, 1.54) is 12.8 Å². The second kappa shape index (κ2) is 9.08. The van der Waals surface area contributed by atoms with Crippen molar-refractivity contribution in [1.82, 2.24) is 9.55 Å². The van der Waals surface area contributed by atoms with E-state index in [2.05, 4.69) is 43.4 Å². The van der Waals surface area contributed by atoms with E-state index in [1.807, 2.05) is 24.3 Å². The minimum absolute atomic E-state index is 0.311. The molecule has 0 saturated heterocycles. The monoisotopic (exact) mass is 449 g/mol. The number of hydrogen-bond acceptors (Lipinski definition) is 4. The summed E-state index contributed by atoms with van der Waals surface area (Å²) in [5.41, 5.74) is 3.71. The van der Waals surface area contributed by atoms with E-state index in [9.17, 15) is 9.90 Å². The summed E-state index contributed by atoms with van der Waals surface area (Å²) in [6, 6.07) is 13.6. The van der Waals surface area contributed by atoms with Crippen molar-refractivity contribution in [3.63, 3.8) is 0 Å². The number of carboxylic acids is 1. The van der Waals surface area contributed by atoms with Gasteiger partial charge < -0.3 is 19.3 Å². The highest BCUT2D eigenvalue weighted by Crippen LogP contribution is 2.40. The van der Waals surface area contributed by atoms with Crippen molar-refractivity contribution >= 4 is 23.0 Å². The molecule has 0 radical (unpaired) electrons. The van der Waals surface area contributed by atoms with E-state index in [0.29, 0.717) is 23.6 Å². The molecule has 0 atom stereocenters. The first-order valence-corrected chi connectivity index (χ1v) is 11.8. The van der Waals surface area contributed by atoms with E-state index >= 15 is 0 Å². The average Bonchev–Trinajstić information content (AvgIpc) is 3.12. The van der Waals surface area contributed by atoms with Gasteiger partial charge in [-0.15, -0.1) is 0 Å². The summed E-state index contributed by atoms with van der Waals surface area (Å²) in [5.74, 6) is 1.58. The molecular weight excluding hydrogens is 414 g/mol. The molecule has 4 rings (SSSR count). The van der Waals surface area contributed by atoms with Crippen LogP contribution in [0.4, 0.5) is 5.95 Å². The van der Waals surface area contributed by atoms with E-state index < -0.39 is 5.97 Å². The molecular formula is C27H35N3O3. The van der Waals surface area contributed by atoms with Gasteiger partial charge in [0.2, 0.25) is 5.95 Å². The summed E-state index contributed by atoms with van der Waals surface area (Å²) in [4.78, 5) is 18.7. The molecule has 0 bridgehead atoms. The fraction of sp³-hybridized carbons (Fsp3) is 0.481. The molecule has 0 amide bonds. The van der Waals surface area contributed by atoms with Gasteiger partial charge in [-0.25, -0.2) is 9.78 Å². The molecule has 0 unspecified atom stereocenters. The first kappa shape index (κ1) is 23.1.